The van der Waals surface area contributed by atoms with Gasteiger partial charge in [-0.2, -0.15) is 5.26 Å². The van der Waals surface area contributed by atoms with E-state index >= 15 is 0 Å². The molecule has 0 bridgehead atoms. The molecule has 0 fully saturated rings. The average Bonchev–Trinajstić information content (AvgIpc) is 1.85. The first-order valence-corrected chi connectivity index (χ1v) is 6.11. The van der Waals surface area contributed by atoms with Gasteiger partial charge in [-0.1, -0.05) is 19.0 Å². The van der Waals surface area contributed by atoms with Crippen molar-refractivity contribution in [1.29, 1.82) is 5.26 Å². The molecule has 0 saturated heterocycles. The van der Waals surface area contributed by atoms with Crippen LogP contribution in [0.1, 0.15) is 6.42 Å². The van der Waals surface area contributed by atoms with E-state index in [0.717, 1.165) is 0 Å². The Balaban J connectivity index is 3.71. The average molecular weight is 153 g/mol. The Hall–Kier alpha value is -0.773. The van der Waals surface area contributed by atoms with E-state index in [2.05, 4.69) is 24.6 Å². The first kappa shape index (κ1) is 9.23. The van der Waals surface area contributed by atoms with Crippen LogP contribution in [0.2, 0.25) is 13.1 Å². The van der Waals surface area contributed by atoms with Gasteiger partial charge < -0.3 is 5.11 Å². The molecule has 0 aromatic rings. The van der Waals surface area contributed by atoms with Gasteiger partial charge in [-0.3, -0.25) is 0 Å². The van der Waals surface area contributed by atoms with Crippen LogP contribution in [0.15, 0.2) is 0 Å². The standard InChI is InChI=1S/C7H11NOSi/c1-10(2)6-4-7(9)3-5-8/h7,9-10H,3H2,1-2H3. The molecule has 0 saturated carbocycles. The van der Waals surface area contributed by atoms with Gasteiger partial charge in [0.1, 0.15) is 14.9 Å². The molecular formula is C7H11NOSi. The van der Waals surface area contributed by atoms with Gasteiger partial charge in [0.05, 0.1) is 12.5 Å². The van der Waals surface area contributed by atoms with Crippen molar-refractivity contribution in [2.45, 2.75) is 25.6 Å². The van der Waals surface area contributed by atoms with E-state index in [1.807, 2.05) is 6.07 Å². The molecule has 10 heavy (non-hydrogen) atoms. The number of nitrogens with zero attached hydrogens (tertiary/aromatic N) is 1. The van der Waals surface area contributed by atoms with Crippen molar-refractivity contribution in [2.24, 2.45) is 0 Å². The number of nitriles is 1. The van der Waals surface area contributed by atoms with Gasteiger partial charge in [0, 0.05) is 0 Å². The summed E-state index contributed by atoms with van der Waals surface area (Å²) >= 11 is 0. The Morgan fingerprint density at radius 2 is 2.20 bits per heavy atom. The van der Waals surface area contributed by atoms with Crippen LogP contribution in [0.4, 0.5) is 0 Å². The molecule has 1 unspecified atom stereocenters. The van der Waals surface area contributed by atoms with Gasteiger partial charge in [0.15, 0.2) is 0 Å². The SMILES string of the molecule is C[SiH](C)C#CC(O)CC#N. The second-order valence-corrected chi connectivity index (χ2v) is 4.92. The minimum absolute atomic E-state index is 0.119. The van der Waals surface area contributed by atoms with Crippen molar-refractivity contribution in [2.75, 3.05) is 0 Å². The van der Waals surface area contributed by atoms with Gasteiger partial charge in [0.2, 0.25) is 0 Å². The summed E-state index contributed by atoms with van der Waals surface area (Å²) in [7, 11) is -0.882. The molecule has 1 N–H and O–H groups in total. The van der Waals surface area contributed by atoms with Gasteiger partial charge in [-0.05, 0) is 0 Å². The number of hydrogen-bond acceptors (Lipinski definition) is 2. The molecule has 0 amide bonds. The molecule has 0 aliphatic heterocycles. The van der Waals surface area contributed by atoms with E-state index in [1.165, 1.54) is 0 Å². The molecule has 0 aliphatic carbocycles. The summed E-state index contributed by atoms with van der Waals surface area (Å²) in [4.78, 5) is 0. The summed E-state index contributed by atoms with van der Waals surface area (Å²) < 4.78 is 0. The molecular weight excluding hydrogens is 142 g/mol. The van der Waals surface area contributed by atoms with E-state index in [4.69, 9.17) is 10.4 Å². The quantitative estimate of drug-likeness (QED) is 0.434. The third-order valence-electron chi connectivity index (χ3n) is 0.823. The van der Waals surface area contributed by atoms with Crippen molar-refractivity contribution in [3.8, 4) is 17.5 Å². The van der Waals surface area contributed by atoms with E-state index < -0.39 is 14.9 Å². The highest BCUT2D eigenvalue weighted by atomic mass is 28.3. The largest absolute Gasteiger partial charge is 0.379 e. The Morgan fingerprint density at radius 1 is 1.60 bits per heavy atom. The van der Waals surface area contributed by atoms with E-state index in [1.54, 1.807) is 0 Å². The predicted molar refractivity (Wildman–Crippen MR) is 42.9 cm³/mol. The molecule has 0 rings (SSSR count). The first-order valence-electron chi connectivity index (χ1n) is 3.23. The Morgan fingerprint density at radius 3 is 2.60 bits per heavy atom. The fourth-order valence-electron chi connectivity index (χ4n) is 0.400. The van der Waals surface area contributed by atoms with Crippen LogP contribution >= 0.6 is 0 Å². The van der Waals surface area contributed by atoms with Gasteiger partial charge in [-0.25, -0.2) is 0 Å². The van der Waals surface area contributed by atoms with Gasteiger partial charge >= 0.3 is 0 Å². The monoisotopic (exact) mass is 153 g/mol. The number of rotatable bonds is 1. The maximum absolute atomic E-state index is 8.92. The van der Waals surface area contributed by atoms with Crippen molar-refractivity contribution >= 4 is 8.80 Å². The third-order valence-corrected chi connectivity index (χ3v) is 1.57. The Kier molecular flexibility index (Phi) is 4.66. The molecule has 0 heterocycles. The van der Waals surface area contributed by atoms with E-state index in [0.29, 0.717) is 0 Å². The molecule has 0 radical (unpaired) electrons. The number of aliphatic hydroxyl groups excluding tert-OH is 1. The topological polar surface area (TPSA) is 44.0 Å². The zero-order chi connectivity index (χ0) is 7.98. The number of aliphatic hydroxyl groups is 1. The van der Waals surface area contributed by atoms with Crippen LogP contribution < -0.4 is 0 Å². The Bertz CT molecular complexity index is 184. The molecule has 0 aromatic carbocycles. The maximum atomic E-state index is 8.92. The molecule has 2 nitrogen and oxygen atoms in total. The van der Waals surface area contributed by atoms with Crippen LogP contribution in [0.25, 0.3) is 0 Å². The summed E-state index contributed by atoms with van der Waals surface area (Å²) in [6.07, 6.45) is -0.617. The fourth-order valence-corrected chi connectivity index (χ4v) is 0.926. The van der Waals surface area contributed by atoms with E-state index in [9.17, 15) is 0 Å². The highest BCUT2D eigenvalue weighted by molar-refractivity contribution is 6.64. The van der Waals surface area contributed by atoms with Crippen LogP contribution in [-0.2, 0) is 0 Å². The van der Waals surface area contributed by atoms with Crippen LogP contribution in [-0.4, -0.2) is 20.0 Å². The zero-order valence-electron chi connectivity index (χ0n) is 6.26. The van der Waals surface area contributed by atoms with Gasteiger partial charge in [0.25, 0.3) is 0 Å². The lowest BCUT2D eigenvalue weighted by molar-refractivity contribution is 0.238. The van der Waals surface area contributed by atoms with Crippen LogP contribution in [0.3, 0.4) is 0 Å². The highest BCUT2D eigenvalue weighted by Gasteiger charge is 1.95. The summed E-state index contributed by atoms with van der Waals surface area (Å²) in [6.45, 7) is 4.15. The summed E-state index contributed by atoms with van der Waals surface area (Å²) in [5.74, 6) is 2.63. The molecule has 0 aliphatic rings. The second kappa shape index (κ2) is 5.05. The Labute approximate surface area is 63.1 Å². The minimum atomic E-state index is -0.882. The lowest BCUT2D eigenvalue weighted by Crippen LogP contribution is -2.03. The molecule has 0 spiro atoms. The summed E-state index contributed by atoms with van der Waals surface area (Å²) in [5.41, 5.74) is 2.92. The third kappa shape index (κ3) is 5.37. The van der Waals surface area contributed by atoms with Crippen LogP contribution in [0, 0.1) is 22.8 Å². The van der Waals surface area contributed by atoms with Crippen molar-refractivity contribution in [1.82, 2.24) is 0 Å². The van der Waals surface area contributed by atoms with Crippen molar-refractivity contribution in [3.63, 3.8) is 0 Å². The summed E-state index contributed by atoms with van der Waals surface area (Å²) in [6, 6.07) is 1.85. The second-order valence-electron chi connectivity index (χ2n) is 2.32. The molecule has 54 valence electrons. The lowest BCUT2D eigenvalue weighted by Gasteiger charge is -1.92. The van der Waals surface area contributed by atoms with Crippen molar-refractivity contribution in [3.05, 3.63) is 0 Å². The summed E-state index contributed by atoms with van der Waals surface area (Å²) in [5, 5.41) is 17.1. The van der Waals surface area contributed by atoms with Crippen molar-refractivity contribution < 1.29 is 5.11 Å². The normalized spacial score (nSPS) is 11.5. The smallest absolute Gasteiger partial charge is 0.127 e. The molecule has 1 atom stereocenters. The molecule has 3 heteroatoms. The fraction of sp³-hybridized carbons (Fsp3) is 0.571. The lowest BCUT2D eigenvalue weighted by atomic mass is 10.3. The van der Waals surface area contributed by atoms with Gasteiger partial charge in [-0.15, -0.1) is 5.54 Å². The zero-order valence-corrected chi connectivity index (χ0v) is 7.41. The predicted octanol–water partition coefficient (Wildman–Crippen LogP) is 0.290. The minimum Gasteiger partial charge on any atom is -0.379 e. The number of hydrogen-bond donors (Lipinski definition) is 1. The molecule has 0 aromatic heterocycles. The van der Waals surface area contributed by atoms with Crippen LogP contribution in [0.5, 0.6) is 0 Å². The van der Waals surface area contributed by atoms with E-state index in [-0.39, 0.29) is 6.42 Å². The maximum Gasteiger partial charge on any atom is 0.127 e. The first-order chi connectivity index (χ1) is 4.66. The highest BCUT2D eigenvalue weighted by Crippen LogP contribution is 1.86.